The first-order valence-electron chi connectivity index (χ1n) is 16.3. The van der Waals surface area contributed by atoms with E-state index in [9.17, 15) is 0 Å². The topological polar surface area (TPSA) is 26.3 Å². The van der Waals surface area contributed by atoms with Crippen molar-refractivity contribution in [2.24, 2.45) is 0 Å². The van der Waals surface area contributed by atoms with Crippen molar-refractivity contribution in [1.29, 1.82) is 0 Å². The molecule has 0 saturated carbocycles. The fourth-order valence-corrected chi connectivity index (χ4v) is 7.46. The normalized spacial score (nSPS) is 11.8. The van der Waals surface area contributed by atoms with Crippen LogP contribution in [-0.4, -0.2) is 0 Å². The molecular formula is C46H28O2. The molecule has 0 N–H and O–H groups in total. The first-order valence-corrected chi connectivity index (χ1v) is 16.3. The third-order valence-electron chi connectivity index (χ3n) is 9.68. The molecule has 0 amide bonds. The van der Waals surface area contributed by atoms with Crippen LogP contribution in [0.4, 0.5) is 0 Å². The van der Waals surface area contributed by atoms with E-state index in [-0.39, 0.29) is 0 Å². The van der Waals surface area contributed by atoms with E-state index in [1.807, 2.05) is 18.2 Å². The average Bonchev–Trinajstić information content (AvgIpc) is 3.74. The molecule has 2 nitrogen and oxygen atoms in total. The first kappa shape index (κ1) is 26.8. The summed E-state index contributed by atoms with van der Waals surface area (Å²) in [6, 6.07) is 60.2. The number of benzene rings is 8. The van der Waals surface area contributed by atoms with Crippen molar-refractivity contribution in [3.8, 4) is 44.7 Å². The summed E-state index contributed by atoms with van der Waals surface area (Å²) < 4.78 is 13.1. The minimum absolute atomic E-state index is 0.855. The van der Waals surface area contributed by atoms with Crippen LogP contribution >= 0.6 is 0 Å². The van der Waals surface area contributed by atoms with Gasteiger partial charge < -0.3 is 8.83 Å². The highest BCUT2D eigenvalue weighted by Crippen LogP contribution is 2.47. The summed E-state index contributed by atoms with van der Waals surface area (Å²) in [5, 5.41) is 8.00. The maximum atomic E-state index is 6.79. The van der Waals surface area contributed by atoms with Crippen LogP contribution in [0.2, 0.25) is 0 Å². The van der Waals surface area contributed by atoms with E-state index in [1.165, 1.54) is 49.4 Å². The standard InChI is InChI=1S/C46H28O2/c1-3-12-29(13-4-1)30-22-24-32(25-23-30)44-34-16-7-9-18-36(34)45(37-19-10-8-17-35(37)44)39-21-11-20-38-40-28-42-33(27-43(40)48-46(38)39)26-41(47-42)31-14-5-2-6-15-31/h1-28H. The summed E-state index contributed by atoms with van der Waals surface area (Å²) in [6.07, 6.45) is 0. The minimum atomic E-state index is 0.855. The maximum absolute atomic E-state index is 6.79. The van der Waals surface area contributed by atoms with Crippen LogP contribution < -0.4 is 0 Å². The van der Waals surface area contributed by atoms with Gasteiger partial charge in [0, 0.05) is 32.8 Å². The van der Waals surface area contributed by atoms with Gasteiger partial charge in [-0.25, -0.2) is 0 Å². The SMILES string of the molecule is c1ccc(-c2ccc(-c3c4ccccc4c(-c4cccc5c4oc4cc6cc(-c7ccccc7)oc6cc45)c4ccccc34)cc2)cc1. The second-order valence-corrected chi connectivity index (χ2v) is 12.4. The summed E-state index contributed by atoms with van der Waals surface area (Å²) in [4.78, 5) is 0. The molecule has 48 heavy (non-hydrogen) atoms. The fourth-order valence-electron chi connectivity index (χ4n) is 7.46. The Morgan fingerprint density at radius 2 is 0.854 bits per heavy atom. The lowest BCUT2D eigenvalue weighted by molar-refractivity contribution is 0.631. The molecule has 10 rings (SSSR count). The largest absolute Gasteiger partial charge is 0.456 e. The number of hydrogen-bond donors (Lipinski definition) is 0. The average molecular weight is 613 g/mol. The van der Waals surface area contributed by atoms with Crippen molar-refractivity contribution in [2.75, 3.05) is 0 Å². The zero-order valence-corrected chi connectivity index (χ0v) is 26.0. The summed E-state index contributed by atoms with van der Waals surface area (Å²) in [6.45, 7) is 0. The van der Waals surface area contributed by atoms with E-state index in [0.29, 0.717) is 0 Å². The van der Waals surface area contributed by atoms with Crippen molar-refractivity contribution in [3.63, 3.8) is 0 Å². The predicted molar refractivity (Wildman–Crippen MR) is 200 cm³/mol. The number of para-hydroxylation sites is 1. The van der Waals surface area contributed by atoms with Gasteiger partial charge in [-0.1, -0.05) is 152 Å². The van der Waals surface area contributed by atoms with Crippen LogP contribution in [0.5, 0.6) is 0 Å². The molecule has 8 aromatic carbocycles. The lowest BCUT2D eigenvalue weighted by Crippen LogP contribution is -1.91. The Hall–Kier alpha value is -6.38. The maximum Gasteiger partial charge on any atom is 0.143 e. The van der Waals surface area contributed by atoms with Crippen LogP contribution in [-0.2, 0) is 0 Å². The van der Waals surface area contributed by atoms with Crippen molar-refractivity contribution in [1.82, 2.24) is 0 Å². The Bertz CT molecular complexity index is 2750. The van der Waals surface area contributed by atoms with Crippen molar-refractivity contribution >= 4 is 54.5 Å². The molecule has 2 aromatic heterocycles. The highest BCUT2D eigenvalue weighted by Gasteiger charge is 2.21. The smallest absolute Gasteiger partial charge is 0.143 e. The molecule has 0 aliphatic rings. The third kappa shape index (κ3) is 4.13. The molecule has 0 bridgehead atoms. The van der Waals surface area contributed by atoms with Gasteiger partial charge in [0.25, 0.3) is 0 Å². The molecule has 2 heteroatoms. The monoisotopic (exact) mass is 612 g/mol. The molecule has 10 aromatic rings. The molecule has 224 valence electrons. The highest BCUT2D eigenvalue weighted by atomic mass is 16.3. The molecular weight excluding hydrogens is 585 g/mol. The zero-order valence-electron chi connectivity index (χ0n) is 26.0. The molecule has 0 aliphatic carbocycles. The fraction of sp³-hybridized carbons (Fsp3) is 0. The molecule has 0 fully saturated rings. The van der Waals surface area contributed by atoms with Crippen LogP contribution in [0.1, 0.15) is 0 Å². The van der Waals surface area contributed by atoms with Crippen LogP contribution in [0.15, 0.2) is 179 Å². The van der Waals surface area contributed by atoms with Crippen LogP contribution in [0, 0.1) is 0 Å². The van der Waals surface area contributed by atoms with Crippen molar-refractivity contribution < 1.29 is 8.83 Å². The van der Waals surface area contributed by atoms with Gasteiger partial charge in [-0.3, -0.25) is 0 Å². The van der Waals surface area contributed by atoms with Gasteiger partial charge in [0.2, 0.25) is 0 Å². The van der Waals surface area contributed by atoms with Crippen LogP contribution in [0.3, 0.4) is 0 Å². The van der Waals surface area contributed by atoms with E-state index < -0.39 is 0 Å². The molecule has 0 aliphatic heterocycles. The quantitative estimate of drug-likeness (QED) is 0.185. The van der Waals surface area contributed by atoms with E-state index in [1.54, 1.807) is 0 Å². The van der Waals surface area contributed by atoms with Gasteiger partial charge in [-0.15, -0.1) is 0 Å². The van der Waals surface area contributed by atoms with Gasteiger partial charge >= 0.3 is 0 Å². The first-order chi connectivity index (χ1) is 23.8. The van der Waals surface area contributed by atoms with Crippen molar-refractivity contribution in [3.05, 3.63) is 170 Å². The Morgan fingerprint density at radius 1 is 0.312 bits per heavy atom. The van der Waals surface area contributed by atoms with E-state index in [0.717, 1.165) is 49.8 Å². The number of furan rings is 2. The van der Waals surface area contributed by atoms with E-state index in [4.69, 9.17) is 8.83 Å². The zero-order chi connectivity index (χ0) is 31.6. The second kappa shape index (κ2) is 10.6. The predicted octanol–water partition coefficient (Wildman–Crippen LogP) is 13.3. The van der Waals surface area contributed by atoms with Gasteiger partial charge in [0.15, 0.2) is 0 Å². The number of fused-ring (bicyclic) bond motifs is 6. The molecule has 0 spiro atoms. The Morgan fingerprint density at radius 3 is 1.52 bits per heavy atom. The summed E-state index contributed by atoms with van der Waals surface area (Å²) >= 11 is 0. The van der Waals surface area contributed by atoms with Gasteiger partial charge in [-0.05, 0) is 62.0 Å². The third-order valence-corrected chi connectivity index (χ3v) is 9.68. The summed E-state index contributed by atoms with van der Waals surface area (Å²) in [5.41, 5.74) is 10.8. The van der Waals surface area contributed by atoms with Gasteiger partial charge in [0.1, 0.15) is 22.5 Å². The van der Waals surface area contributed by atoms with Gasteiger partial charge in [-0.2, -0.15) is 0 Å². The second-order valence-electron chi connectivity index (χ2n) is 12.4. The molecule has 0 saturated heterocycles. The highest BCUT2D eigenvalue weighted by molar-refractivity contribution is 6.24. The summed E-state index contributed by atoms with van der Waals surface area (Å²) in [5.74, 6) is 0.857. The van der Waals surface area contributed by atoms with E-state index in [2.05, 4.69) is 152 Å². The van der Waals surface area contributed by atoms with E-state index >= 15 is 0 Å². The number of rotatable bonds is 4. The van der Waals surface area contributed by atoms with Crippen LogP contribution in [0.25, 0.3) is 99.2 Å². The number of hydrogen-bond acceptors (Lipinski definition) is 2. The summed E-state index contributed by atoms with van der Waals surface area (Å²) in [7, 11) is 0. The molecule has 0 radical (unpaired) electrons. The van der Waals surface area contributed by atoms with Crippen molar-refractivity contribution in [2.45, 2.75) is 0 Å². The lowest BCUT2D eigenvalue weighted by Gasteiger charge is -2.18. The van der Waals surface area contributed by atoms with Gasteiger partial charge in [0.05, 0.1) is 0 Å². The Balaban J connectivity index is 1.19. The molecule has 2 heterocycles. The molecule has 0 unspecified atom stereocenters. The Labute approximate surface area is 277 Å². The Kier molecular flexibility index (Phi) is 5.91. The lowest BCUT2D eigenvalue weighted by atomic mass is 9.85. The minimum Gasteiger partial charge on any atom is -0.456 e. The molecule has 0 atom stereocenters.